The molecule has 1 aromatic heterocycles. The molecule has 0 bridgehead atoms. The second kappa shape index (κ2) is 6.05. The Balaban J connectivity index is 1.98. The number of carbonyl (C=O) groups excluding carboxylic acids is 1. The Morgan fingerprint density at radius 1 is 1.35 bits per heavy atom. The lowest BCUT2D eigenvalue weighted by atomic mass is 10.3. The molecule has 0 aliphatic carbocycles. The zero-order chi connectivity index (χ0) is 14.5. The second-order valence-corrected chi connectivity index (χ2v) is 4.08. The summed E-state index contributed by atoms with van der Waals surface area (Å²) in [5, 5.41) is 6.26. The van der Waals surface area contributed by atoms with Gasteiger partial charge in [0.2, 0.25) is 0 Å². The number of hydrogen-bond donors (Lipinski definition) is 1. The predicted octanol–water partition coefficient (Wildman–Crippen LogP) is 2.70. The van der Waals surface area contributed by atoms with Gasteiger partial charge in [-0.25, -0.2) is 4.79 Å². The Morgan fingerprint density at radius 2 is 2.05 bits per heavy atom. The molecule has 0 saturated carbocycles. The topological polar surface area (TPSA) is 86.5 Å². The molecule has 1 N–H and O–H groups in total. The van der Waals surface area contributed by atoms with Crippen LogP contribution in [-0.2, 0) is 4.74 Å². The number of anilines is 1. The minimum absolute atomic E-state index is 0.351. The van der Waals surface area contributed by atoms with E-state index in [2.05, 4.69) is 20.2 Å². The fraction of sp³-hybridized carbons (Fsp3) is 0.308. The number of nitrogens with one attached hydrogen (secondary N) is 1. The Hall–Kier alpha value is -2.57. The van der Waals surface area contributed by atoms with Crippen LogP contribution in [0.5, 0.6) is 5.75 Å². The lowest BCUT2D eigenvalue weighted by molar-refractivity contribution is 0.175. The molecule has 0 saturated heterocycles. The number of hydrogen-bond acceptors (Lipinski definition) is 6. The summed E-state index contributed by atoms with van der Waals surface area (Å²) in [6.45, 7) is 3.56. The van der Waals surface area contributed by atoms with Crippen LogP contribution in [0.2, 0.25) is 0 Å². The number of nitrogens with zero attached hydrogens (tertiary/aromatic N) is 2. The highest BCUT2D eigenvalue weighted by atomic mass is 16.5. The molecule has 7 nitrogen and oxygen atoms in total. The first-order valence-electron chi connectivity index (χ1n) is 6.00. The molecule has 0 aliphatic heterocycles. The molecule has 0 fully saturated rings. The summed E-state index contributed by atoms with van der Waals surface area (Å²) in [6.07, 6.45) is -0.871. The summed E-state index contributed by atoms with van der Waals surface area (Å²) in [4.78, 5) is 15.1. The number of rotatable bonds is 4. The maximum Gasteiger partial charge on any atom is 0.411 e. The van der Waals surface area contributed by atoms with Crippen LogP contribution < -0.4 is 10.1 Å². The van der Waals surface area contributed by atoms with Crippen molar-refractivity contribution in [3.8, 4) is 5.75 Å². The Kier molecular flexibility index (Phi) is 4.19. The van der Waals surface area contributed by atoms with Gasteiger partial charge in [-0.2, -0.15) is 4.98 Å². The Morgan fingerprint density at radius 3 is 2.60 bits per heavy atom. The van der Waals surface area contributed by atoms with Crippen molar-refractivity contribution in [1.29, 1.82) is 0 Å². The van der Waals surface area contributed by atoms with Crippen LogP contribution in [0.3, 0.4) is 0 Å². The van der Waals surface area contributed by atoms with E-state index in [1.807, 2.05) is 6.92 Å². The van der Waals surface area contributed by atoms with Crippen molar-refractivity contribution in [3.05, 3.63) is 36.0 Å². The predicted molar refractivity (Wildman–Crippen MR) is 70.5 cm³/mol. The van der Waals surface area contributed by atoms with E-state index in [9.17, 15) is 4.79 Å². The van der Waals surface area contributed by atoms with Gasteiger partial charge in [0.1, 0.15) is 5.75 Å². The average Bonchev–Trinajstić information content (AvgIpc) is 2.87. The van der Waals surface area contributed by atoms with Crippen molar-refractivity contribution >= 4 is 11.8 Å². The molecule has 0 aliphatic rings. The van der Waals surface area contributed by atoms with Gasteiger partial charge in [-0.05, 0) is 38.1 Å². The maximum absolute atomic E-state index is 11.0. The van der Waals surface area contributed by atoms with Crippen LogP contribution in [0.25, 0.3) is 0 Å². The van der Waals surface area contributed by atoms with Crippen molar-refractivity contribution in [1.82, 2.24) is 10.1 Å². The highest BCUT2D eigenvalue weighted by Gasteiger charge is 2.14. The molecular formula is C13H15N3O4. The van der Waals surface area contributed by atoms with E-state index < -0.39 is 6.09 Å². The fourth-order valence-corrected chi connectivity index (χ4v) is 1.52. The van der Waals surface area contributed by atoms with Crippen LogP contribution in [0, 0.1) is 6.92 Å². The molecule has 1 amide bonds. The van der Waals surface area contributed by atoms with Crippen LogP contribution in [-0.4, -0.2) is 23.3 Å². The number of aryl methyl sites for hydroxylation is 1. The summed E-state index contributed by atoms with van der Waals surface area (Å²) in [6, 6.07) is 6.87. The van der Waals surface area contributed by atoms with Gasteiger partial charge in [0.05, 0.1) is 7.11 Å². The first-order valence-corrected chi connectivity index (χ1v) is 6.00. The third-order valence-electron chi connectivity index (χ3n) is 2.49. The van der Waals surface area contributed by atoms with Gasteiger partial charge < -0.3 is 14.0 Å². The minimum Gasteiger partial charge on any atom is -0.481 e. The maximum atomic E-state index is 11.0. The van der Waals surface area contributed by atoms with Crippen LogP contribution in [0.1, 0.15) is 24.7 Å². The molecule has 1 aromatic carbocycles. The van der Waals surface area contributed by atoms with Gasteiger partial charge in [0.25, 0.3) is 5.89 Å². The highest BCUT2D eigenvalue weighted by molar-refractivity contribution is 5.84. The van der Waals surface area contributed by atoms with Crippen LogP contribution >= 0.6 is 0 Å². The average molecular weight is 277 g/mol. The number of carbonyl (C=O) groups is 1. The van der Waals surface area contributed by atoms with E-state index in [-0.39, 0.29) is 6.10 Å². The number of benzene rings is 1. The third kappa shape index (κ3) is 3.47. The largest absolute Gasteiger partial charge is 0.481 e. The summed E-state index contributed by atoms with van der Waals surface area (Å²) in [5.41, 5.74) is 0.616. The monoisotopic (exact) mass is 277 g/mol. The van der Waals surface area contributed by atoms with Crippen molar-refractivity contribution in [3.63, 3.8) is 0 Å². The van der Waals surface area contributed by atoms with Crippen LogP contribution in [0.4, 0.5) is 10.5 Å². The zero-order valence-electron chi connectivity index (χ0n) is 11.4. The lowest BCUT2D eigenvalue weighted by Crippen LogP contribution is -2.10. The van der Waals surface area contributed by atoms with Crippen molar-refractivity contribution in [2.24, 2.45) is 0 Å². The Labute approximate surface area is 115 Å². The van der Waals surface area contributed by atoms with E-state index >= 15 is 0 Å². The first kappa shape index (κ1) is 13.9. The van der Waals surface area contributed by atoms with E-state index in [1.165, 1.54) is 7.11 Å². The summed E-state index contributed by atoms with van der Waals surface area (Å²) < 4.78 is 15.2. The molecule has 20 heavy (non-hydrogen) atoms. The molecule has 7 heteroatoms. The van der Waals surface area contributed by atoms with E-state index in [0.29, 0.717) is 23.2 Å². The molecule has 1 atom stereocenters. The van der Waals surface area contributed by atoms with E-state index in [1.54, 1.807) is 31.2 Å². The lowest BCUT2D eigenvalue weighted by Gasteiger charge is -2.11. The number of ether oxygens (including phenoxy) is 2. The molecule has 2 aromatic rings. The second-order valence-electron chi connectivity index (χ2n) is 4.08. The Bertz CT molecular complexity index is 580. The standard InChI is InChI=1S/C13H15N3O4/c1-8(12-14-9(2)16-20-12)19-11-6-4-10(5-7-11)15-13(17)18-3/h4-8H,1-3H3,(H,15,17). The van der Waals surface area contributed by atoms with Crippen molar-refractivity contribution in [2.75, 3.05) is 12.4 Å². The highest BCUT2D eigenvalue weighted by Crippen LogP contribution is 2.22. The minimum atomic E-state index is -0.520. The molecule has 0 spiro atoms. The van der Waals surface area contributed by atoms with E-state index in [0.717, 1.165) is 0 Å². The summed E-state index contributed by atoms with van der Waals surface area (Å²) in [5.74, 6) is 1.61. The molecule has 1 unspecified atom stereocenters. The van der Waals surface area contributed by atoms with Crippen molar-refractivity contribution in [2.45, 2.75) is 20.0 Å². The van der Waals surface area contributed by atoms with Gasteiger partial charge in [-0.15, -0.1) is 0 Å². The van der Waals surface area contributed by atoms with Gasteiger partial charge in [-0.1, -0.05) is 5.16 Å². The smallest absolute Gasteiger partial charge is 0.411 e. The fourth-order valence-electron chi connectivity index (χ4n) is 1.52. The normalized spacial score (nSPS) is 11.8. The zero-order valence-corrected chi connectivity index (χ0v) is 11.4. The van der Waals surface area contributed by atoms with E-state index in [4.69, 9.17) is 9.26 Å². The summed E-state index contributed by atoms with van der Waals surface area (Å²) >= 11 is 0. The SMILES string of the molecule is COC(=O)Nc1ccc(OC(C)c2nc(C)no2)cc1. The molecule has 1 heterocycles. The van der Waals surface area contributed by atoms with Gasteiger partial charge in [0, 0.05) is 5.69 Å². The molecule has 106 valence electrons. The number of methoxy groups -OCH3 is 1. The first-order chi connectivity index (χ1) is 9.58. The summed E-state index contributed by atoms with van der Waals surface area (Å²) in [7, 11) is 1.31. The van der Waals surface area contributed by atoms with Gasteiger partial charge >= 0.3 is 6.09 Å². The van der Waals surface area contributed by atoms with Gasteiger partial charge in [-0.3, -0.25) is 5.32 Å². The number of amides is 1. The van der Waals surface area contributed by atoms with Crippen LogP contribution in [0.15, 0.2) is 28.8 Å². The molecule has 0 radical (unpaired) electrons. The quantitative estimate of drug-likeness (QED) is 0.924. The van der Waals surface area contributed by atoms with Crippen molar-refractivity contribution < 1.29 is 18.8 Å². The number of aromatic nitrogens is 2. The van der Waals surface area contributed by atoms with Gasteiger partial charge in [0.15, 0.2) is 11.9 Å². The third-order valence-corrected chi connectivity index (χ3v) is 2.49. The molecular weight excluding hydrogens is 262 g/mol. The molecule has 2 rings (SSSR count).